The highest BCUT2D eigenvalue weighted by atomic mass is 35.5. The Morgan fingerprint density at radius 1 is 1.75 bits per heavy atom. The zero-order valence-corrected chi connectivity index (χ0v) is 9.78. The predicted molar refractivity (Wildman–Crippen MR) is 59.5 cm³/mol. The van der Waals surface area contributed by atoms with Crippen LogP contribution in [0.1, 0.15) is 17.3 Å². The van der Waals surface area contributed by atoms with Gasteiger partial charge in [-0.15, -0.1) is 11.6 Å². The fourth-order valence-corrected chi connectivity index (χ4v) is 2.02. The summed E-state index contributed by atoms with van der Waals surface area (Å²) >= 11 is 5.76. The number of nitrogens with zero attached hydrogens (tertiary/aromatic N) is 2. The van der Waals surface area contributed by atoms with Crippen LogP contribution in [0.15, 0.2) is 12.4 Å². The van der Waals surface area contributed by atoms with Crippen molar-refractivity contribution in [3.05, 3.63) is 18.0 Å². The Morgan fingerprint density at radius 3 is 3.19 bits per heavy atom. The van der Waals surface area contributed by atoms with Crippen molar-refractivity contribution in [2.24, 2.45) is 0 Å². The minimum absolute atomic E-state index is 0.0216. The lowest BCUT2D eigenvalue weighted by Gasteiger charge is -2.35. The number of alkyl halides is 1. The highest BCUT2D eigenvalue weighted by Crippen LogP contribution is 2.14. The molecule has 0 radical (unpaired) electrons. The first-order valence-electron chi connectivity index (χ1n) is 5.20. The molecule has 16 heavy (non-hydrogen) atoms. The fraction of sp³-hybridized carbons (Fsp3) is 0.600. The van der Waals surface area contributed by atoms with E-state index < -0.39 is 0 Å². The van der Waals surface area contributed by atoms with Crippen molar-refractivity contribution in [1.29, 1.82) is 0 Å². The third kappa shape index (κ3) is 2.36. The van der Waals surface area contributed by atoms with Gasteiger partial charge in [0.15, 0.2) is 0 Å². The van der Waals surface area contributed by atoms with Crippen molar-refractivity contribution in [2.75, 3.05) is 19.0 Å². The van der Waals surface area contributed by atoms with Crippen LogP contribution in [-0.2, 0) is 4.74 Å². The van der Waals surface area contributed by atoms with E-state index in [0.29, 0.717) is 24.5 Å². The van der Waals surface area contributed by atoms with E-state index in [1.165, 1.54) is 6.20 Å². The number of H-pyrrole nitrogens is 1. The SMILES string of the molecule is CC1CN(C(=O)c2cn[nH]c2)CC(CCl)O1. The first kappa shape index (κ1) is 11.4. The summed E-state index contributed by atoms with van der Waals surface area (Å²) in [6.45, 7) is 3.07. The number of amides is 1. The van der Waals surface area contributed by atoms with E-state index in [-0.39, 0.29) is 18.1 Å². The smallest absolute Gasteiger partial charge is 0.257 e. The van der Waals surface area contributed by atoms with Gasteiger partial charge in [-0.2, -0.15) is 5.10 Å². The van der Waals surface area contributed by atoms with E-state index in [1.807, 2.05) is 6.92 Å². The van der Waals surface area contributed by atoms with Crippen molar-refractivity contribution in [3.63, 3.8) is 0 Å². The maximum absolute atomic E-state index is 12.0. The molecule has 88 valence electrons. The zero-order valence-electron chi connectivity index (χ0n) is 9.02. The van der Waals surface area contributed by atoms with E-state index in [2.05, 4.69) is 10.2 Å². The molecule has 1 aromatic heterocycles. The third-order valence-corrected chi connectivity index (χ3v) is 2.87. The predicted octanol–water partition coefficient (Wildman–Crippen LogP) is 0.878. The van der Waals surface area contributed by atoms with Crippen molar-refractivity contribution >= 4 is 17.5 Å². The van der Waals surface area contributed by atoms with Gasteiger partial charge in [0.05, 0.1) is 29.8 Å². The highest BCUT2D eigenvalue weighted by Gasteiger charge is 2.28. The summed E-state index contributed by atoms with van der Waals surface area (Å²) in [5.74, 6) is 0.374. The van der Waals surface area contributed by atoms with Gasteiger partial charge < -0.3 is 9.64 Å². The maximum Gasteiger partial charge on any atom is 0.257 e. The molecule has 0 aromatic carbocycles. The van der Waals surface area contributed by atoms with Crippen molar-refractivity contribution in [3.8, 4) is 0 Å². The molecule has 0 bridgehead atoms. The van der Waals surface area contributed by atoms with Crippen molar-refractivity contribution < 1.29 is 9.53 Å². The molecule has 0 saturated carbocycles. The van der Waals surface area contributed by atoms with E-state index in [1.54, 1.807) is 11.1 Å². The lowest BCUT2D eigenvalue weighted by molar-refractivity contribution is -0.0570. The summed E-state index contributed by atoms with van der Waals surface area (Å²) < 4.78 is 5.58. The molecule has 1 aliphatic heterocycles. The van der Waals surface area contributed by atoms with Crippen LogP contribution in [0, 0.1) is 0 Å². The Hall–Kier alpha value is -1.07. The van der Waals surface area contributed by atoms with Crippen LogP contribution < -0.4 is 0 Å². The molecule has 1 saturated heterocycles. The van der Waals surface area contributed by atoms with Crippen LogP contribution in [-0.4, -0.2) is 52.2 Å². The zero-order chi connectivity index (χ0) is 11.5. The van der Waals surface area contributed by atoms with Gasteiger partial charge in [0, 0.05) is 19.3 Å². The van der Waals surface area contributed by atoms with E-state index in [0.717, 1.165) is 0 Å². The monoisotopic (exact) mass is 243 g/mol. The van der Waals surface area contributed by atoms with Crippen LogP contribution in [0.3, 0.4) is 0 Å². The summed E-state index contributed by atoms with van der Waals surface area (Å²) in [5, 5.41) is 6.40. The quantitative estimate of drug-likeness (QED) is 0.785. The molecule has 0 spiro atoms. The molecular formula is C10H14ClN3O2. The molecule has 2 rings (SSSR count). The molecule has 2 heterocycles. The second-order valence-electron chi connectivity index (χ2n) is 3.92. The number of nitrogens with one attached hydrogen (secondary N) is 1. The van der Waals surface area contributed by atoms with Crippen molar-refractivity contribution in [2.45, 2.75) is 19.1 Å². The first-order chi connectivity index (χ1) is 7.70. The van der Waals surface area contributed by atoms with Crippen molar-refractivity contribution in [1.82, 2.24) is 15.1 Å². The molecule has 1 fully saturated rings. The van der Waals surface area contributed by atoms with Gasteiger partial charge in [-0.05, 0) is 6.92 Å². The molecular weight excluding hydrogens is 230 g/mol. The number of ether oxygens (including phenoxy) is 1. The number of carbonyl (C=O) groups is 1. The number of morpholine rings is 1. The molecule has 2 unspecified atom stereocenters. The molecule has 5 nitrogen and oxygen atoms in total. The first-order valence-corrected chi connectivity index (χ1v) is 5.73. The minimum atomic E-state index is -0.0822. The van der Waals surface area contributed by atoms with Crippen LogP contribution in [0.5, 0.6) is 0 Å². The van der Waals surface area contributed by atoms with E-state index in [4.69, 9.17) is 16.3 Å². The lowest BCUT2D eigenvalue weighted by Crippen LogP contribution is -2.49. The summed E-state index contributed by atoms with van der Waals surface area (Å²) in [6.07, 6.45) is 3.06. The molecule has 1 N–H and O–H groups in total. The van der Waals surface area contributed by atoms with Gasteiger partial charge in [0.25, 0.3) is 5.91 Å². The van der Waals surface area contributed by atoms with Gasteiger partial charge in [0.2, 0.25) is 0 Å². The Morgan fingerprint density at radius 2 is 2.56 bits per heavy atom. The number of hydrogen-bond donors (Lipinski definition) is 1. The third-order valence-electron chi connectivity index (χ3n) is 2.53. The second kappa shape index (κ2) is 4.84. The Kier molecular flexibility index (Phi) is 3.46. The number of aromatic nitrogens is 2. The Balaban J connectivity index is 2.06. The minimum Gasteiger partial charge on any atom is -0.370 e. The van der Waals surface area contributed by atoms with Gasteiger partial charge in [0.1, 0.15) is 0 Å². The van der Waals surface area contributed by atoms with Crippen LogP contribution in [0.2, 0.25) is 0 Å². The molecule has 6 heteroatoms. The van der Waals surface area contributed by atoms with Gasteiger partial charge in [-0.25, -0.2) is 0 Å². The molecule has 2 atom stereocenters. The highest BCUT2D eigenvalue weighted by molar-refractivity contribution is 6.18. The topological polar surface area (TPSA) is 58.2 Å². The summed E-state index contributed by atoms with van der Waals surface area (Å²) in [4.78, 5) is 13.8. The Labute approximate surface area is 98.7 Å². The number of aromatic amines is 1. The normalized spacial score (nSPS) is 25.8. The average Bonchev–Trinajstić information content (AvgIpc) is 2.80. The number of hydrogen-bond acceptors (Lipinski definition) is 3. The number of rotatable bonds is 2. The van der Waals surface area contributed by atoms with Crippen LogP contribution in [0.4, 0.5) is 0 Å². The van der Waals surface area contributed by atoms with Crippen LogP contribution >= 0.6 is 11.6 Å². The number of carbonyl (C=O) groups excluding carboxylic acids is 1. The lowest BCUT2D eigenvalue weighted by atomic mass is 10.2. The molecule has 1 aliphatic rings. The standard InChI is InChI=1S/C10H14ClN3O2/c1-7-5-14(6-9(2-11)16-7)10(15)8-3-12-13-4-8/h3-4,7,9H,2,5-6H2,1H3,(H,12,13). The summed E-state index contributed by atoms with van der Waals surface area (Å²) in [6, 6.07) is 0. The Bertz CT molecular complexity index is 355. The summed E-state index contributed by atoms with van der Waals surface area (Å²) in [5.41, 5.74) is 0.572. The van der Waals surface area contributed by atoms with Gasteiger partial charge in [-0.1, -0.05) is 0 Å². The molecule has 0 aliphatic carbocycles. The number of halogens is 1. The van der Waals surface area contributed by atoms with Gasteiger partial charge >= 0.3 is 0 Å². The van der Waals surface area contributed by atoms with E-state index >= 15 is 0 Å². The summed E-state index contributed by atoms with van der Waals surface area (Å²) in [7, 11) is 0. The van der Waals surface area contributed by atoms with Crippen LogP contribution in [0.25, 0.3) is 0 Å². The van der Waals surface area contributed by atoms with E-state index in [9.17, 15) is 4.79 Å². The largest absolute Gasteiger partial charge is 0.370 e. The average molecular weight is 244 g/mol. The fourth-order valence-electron chi connectivity index (χ4n) is 1.85. The maximum atomic E-state index is 12.0. The van der Waals surface area contributed by atoms with Gasteiger partial charge in [-0.3, -0.25) is 9.89 Å². The second-order valence-corrected chi connectivity index (χ2v) is 4.23. The molecule has 1 amide bonds. The molecule has 1 aromatic rings.